The third-order valence-corrected chi connectivity index (χ3v) is 24.7. The SMILES string of the molecule is O=C(CC1=N[C@]2(c3cc(Br)ccc3F)CO[C@@H](C(F)F)[C@@H]2CS1)c1ccccc1.[C-]#[N+]c1ccc(/C(F)=C/B2OC(C)(C)C(C)(C)O2)nc1.[C-]#[N+]c1ccc(/C(F)=C/c2ccc(F)c([C@@]34CO[C@@H](C(F)F)[C@@H]3CSC(CC(=O)c3ccccc3)=N4)c2)nc1.[C-]#[N+]c1ccc(/C(F)=C/c2ccc(F)c([C@@]34CO[C@@H](C(F)F)[C@@H]3CSC(N)=N4)c2)nc1. The molecule has 34 heteroatoms. The molecule has 0 unspecified atom stereocenters. The summed E-state index contributed by atoms with van der Waals surface area (Å²) >= 11 is 6.90. The van der Waals surface area contributed by atoms with Crippen molar-refractivity contribution in [2.24, 2.45) is 38.5 Å². The zero-order chi connectivity index (χ0) is 85.3. The number of Topliss-reactive ketones (excluding diaryl/α,β-unsaturated/α-hetero) is 2. The number of carbonyl (C=O) groups is 2. The van der Waals surface area contributed by atoms with Crippen LogP contribution in [0.3, 0.4) is 0 Å². The summed E-state index contributed by atoms with van der Waals surface area (Å²) in [5, 5.41) is 1.06. The number of rotatable bonds is 18. The minimum atomic E-state index is -2.81. The number of carbonyl (C=O) groups excluding carboxylic acids is 2. The highest BCUT2D eigenvalue weighted by Gasteiger charge is 2.60. The summed E-state index contributed by atoms with van der Waals surface area (Å²) < 4.78 is 199. The predicted molar refractivity (Wildman–Crippen MR) is 439 cm³/mol. The van der Waals surface area contributed by atoms with Gasteiger partial charge in [0.1, 0.15) is 69.9 Å². The summed E-state index contributed by atoms with van der Waals surface area (Å²) in [5.74, 6) is -4.58. The number of nitrogens with zero attached hydrogens (tertiary/aromatic N) is 9. The third kappa shape index (κ3) is 19.7. The summed E-state index contributed by atoms with van der Waals surface area (Å²) in [7, 11) is -0.748. The number of aromatic nitrogens is 3. The number of ether oxygens (including phenoxy) is 3. The zero-order valence-corrected chi connectivity index (χ0v) is 67.5. The second-order valence-corrected chi connectivity index (χ2v) is 33.2. The van der Waals surface area contributed by atoms with Gasteiger partial charge in [0.05, 0.1) is 90.8 Å². The maximum Gasteiger partial charge on any atom is 0.490 e. The van der Waals surface area contributed by atoms with Crippen LogP contribution in [0.5, 0.6) is 0 Å². The summed E-state index contributed by atoms with van der Waals surface area (Å²) in [6.07, 6.45) is -6.36. The molecule has 5 aromatic carbocycles. The zero-order valence-electron chi connectivity index (χ0n) is 63.4. The van der Waals surface area contributed by atoms with Crippen molar-refractivity contribution >= 4 is 132 Å². The van der Waals surface area contributed by atoms with Gasteiger partial charge in [-0.1, -0.05) is 119 Å². The fraction of sp³-hybridized carbons (Fsp3) is 0.306. The number of ketones is 2. The minimum absolute atomic E-state index is 0.00141. The molecular weight excluding hydrogens is 1690 g/mol. The lowest BCUT2D eigenvalue weighted by Crippen LogP contribution is -2.43. The van der Waals surface area contributed by atoms with Crippen molar-refractivity contribution in [2.75, 3.05) is 37.1 Å². The van der Waals surface area contributed by atoms with Crippen LogP contribution in [0.15, 0.2) is 196 Å². The van der Waals surface area contributed by atoms with Crippen LogP contribution in [0, 0.1) is 54.9 Å². The Labute approximate surface area is 698 Å². The Morgan fingerprint density at radius 2 is 0.857 bits per heavy atom. The van der Waals surface area contributed by atoms with E-state index in [2.05, 4.69) is 55.4 Å². The average molecular weight is 1760 g/mol. The second kappa shape index (κ2) is 37.7. The summed E-state index contributed by atoms with van der Waals surface area (Å²) in [5.41, 5.74) is 3.55. The number of benzene rings is 5. The summed E-state index contributed by atoms with van der Waals surface area (Å²) in [4.78, 5) is 60.5. The normalized spacial score (nSPS) is 24.1. The number of alkyl halides is 6. The number of hydrogen-bond acceptors (Lipinski definition) is 17. The molecule has 4 saturated heterocycles. The van der Waals surface area contributed by atoms with E-state index in [0.29, 0.717) is 36.9 Å². The van der Waals surface area contributed by atoms with Crippen molar-refractivity contribution in [2.45, 2.75) is 106 Å². The Morgan fingerprint density at radius 3 is 1.22 bits per heavy atom. The van der Waals surface area contributed by atoms with Crippen molar-refractivity contribution < 1.29 is 85.8 Å². The van der Waals surface area contributed by atoms with Crippen LogP contribution < -0.4 is 5.73 Å². The van der Waals surface area contributed by atoms with Crippen molar-refractivity contribution in [3.8, 4) is 0 Å². The Balaban J connectivity index is 0.000000149. The summed E-state index contributed by atoms with van der Waals surface area (Å²) in [6.45, 7) is 27.6. The van der Waals surface area contributed by atoms with Crippen LogP contribution in [-0.2, 0) is 40.1 Å². The van der Waals surface area contributed by atoms with E-state index in [-0.39, 0.29) is 117 Å². The van der Waals surface area contributed by atoms with E-state index >= 15 is 4.39 Å². The van der Waals surface area contributed by atoms with E-state index in [1.807, 2.05) is 33.8 Å². The van der Waals surface area contributed by atoms with E-state index in [1.165, 1.54) is 115 Å². The van der Waals surface area contributed by atoms with Crippen LogP contribution in [0.2, 0.25) is 0 Å². The fourth-order valence-corrected chi connectivity index (χ4v) is 18.3. The molecular formula is C85H70BBrF12N10O7S3. The first-order valence-corrected chi connectivity index (χ1v) is 40.4. The van der Waals surface area contributed by atoms with Crippen LogP contribution in [0.1, 0.15) is 106 Å². The molecule has 0 bridgehead atoms. The minimum Gasteiger partial charge on any atom is -0.400 e. The molecule has 0 spiro atoms. The van der Waals surface area contributed by atoms with Gasteiger partial charge in [-0.15, -0.1) is 23.5 Å². The van der Waals surface area contributed by atoms with E-state index in [9.17, 15) is 57.9 Å². The Hall–Kier alpha value is -10.1. The van der Waals surface area contributed by atoms with Gasteiger partial charge in [-0.25, -0.2) is 72.2 Å². The molecule has 2 N–H and O–H groups in total. The standard InChI is InChI=1S/C29H21F4N3O2S.C21H17BrF3NO2S.C21H16F4N4OS.C14H16BFN2O2/c1-34-19-8-10-24(35-14-19)23(31)12-17-7-9-22(30)20(11-17)29-16-38-27(28(32)33)21(29)15-39-26(36-29)13-25(37)18-5-3-2-4-6-18;22-13-6-7-16(23)14(8-13)21-11-28-19(20(24)25)15(21)10-29-18(26-21)9-17(27)12-4-2-1-3-5-12;1-27-12-3-5-17(28-8-12)16(23)7-11-2-4-15(22)13(6-11)21-10-30-18(19(24)25)14(21)9-31-20(26)29-21;1-13(2)14(3,4)20-15(19-13)8-11(16)12-7-6-10(17-5)9-18-12/h2-12,14,21,27-28H,13,15-16H2;1-8,15,19-20H,9-11H2;2-8,14,18-19H,9-10H2,(H2,26,29);6-9H,1-4H3/b23-12-;;16-7-;11-8-/t21-,27+,29-;15-,19+,21-;14-,18+,21-;/m000./s1. The molecule has 17 nitrogen and oxygen atoms in total. The molecule has 9 atom stereocenters. The molecule has 3 aromatic heterocycles. The number of nitrogens with two attached hydrogens (primary N) is 1. The molecule has 4 fully saturated rings. The third-order valence-electron chi connectivity index (χ3n) is 21.1. The number of halogens is 13. The van der Waals surface area contributed by atoms with Crippen LogP contribution in [0.4, 0.5) is 69.7 Å². The second-order valence-electron chi connectivity index (χ2n) is 29.0. The lowest BCUT2D eigenvalue weighted by molar-refractivity contribution is -0.0359. The van der Waals surface area contributed by atoms with Gasteiger partial charge in [0.2, 0.25) is 17.1 Å². The van der Waals surface area contributed by atoms with Gasteiger partial charge < -0.3 is 29.3 Å². The molecule has 614 valence electrons. The van der Waals surface area contributed by atoms with Crippen molar-refractivity contribution in [3.63, 3.8) is 0 Å². The van der Waals surface area contributed by atoms with Crippen LogP contribution in [0.25, 0.3) is 44.2 Å². The van der Waals surface area contributed by atoms with E-state index in [4.69, 9.17) is 54.0 Å². The van der Waals surface area contributed by atoms with Crippen LogP contribution >= 0.6 is 51.2 Å². The van der Waals surface area contributed by atoms with Gasteiger partial charge in [0.25, 0.3) is 19.3 Å². The highest BCUT2D eigenvalue weighted by Crippen LogP contribution is 2.54. The highest BCUT2D eigenvalue weighted by atomic mass is 79.9. The molecule has 10 heterocycles. The van der Waals surface area contributed by atoms with Crippen molar-refractivity contribution in [1.82, 2.24) is 15.0 Å². The smallest absolute Gasteiger partial charge is 0.400 e. The van der Waals surface area contributed by atoms with Gasteiger partial charge in [-0.05, 0) is 118 Å². The van der Waals surface area contributed by atoms with Gasteiger partial charge >= 0.3 is 7.12 Å². The van der Waals surface area contributed by atoms with Crippen molar-refractivity contribution in [3.05, 3.63) is 288 Å². The first-order chi connectivity index (χ1) is 56.8. The number of aliphatic imine (C=N–C) groups is 3. The maximum absolute atomic E-state index is 15.4. The fourth-order valence-electron chi connectivity index (χ4n) is 14.3. The monoisotopic (exact) mass is 1760 g/mol. The lowest BCUT2D eigenvalue weighted by Gasteiger charge is -2.36. The quantitative estimate of drug-likeness (QED) is 0.0369. The molecule has 15 rings (SSSR count). The van der Waals surface area contributed by atoms with E-state index in [1.54, 1.807) is 66.7 Å². The lowest BCUT2D eigenvalue weighted by atomic mass is 9.78. The van der Waals surface area contributed by atoms with Gasteiger partial charge in [-0.3, -0.25) is 34.5 Å². The molecule has 7 aliphatic heterocycles. The maximum atomic E-state index is 15.4. The van der Waals surface area contributed by atoms with E-state index < -0.39 is 125 Å². The first-order valence-electron chi connectivity index (χ1n) is 36.6. The topological polar surface area (TPSA) is 195 Å². The predicted octanol–water partition coefficient (Wildman–Crippen LogP) is 21.0. The van der Waals surface area contributed by atoms with Crippen molar-refractivity contribution in [1.29, 1.82) is 0 Å². The largest absolute Gasteiger partial charge is 0.490 e. The molecule has 0 saturated carbocycles. The molecule has 0 amide bonds. The molecule has 119 heavy (non-hydrogen) atoms. The number of amidine groups is 1. The number of thioether (sulfide) groups is 3. The molecule has 7 aliphatic rings. The Kier molecular flexibility index (Phi) is 28.0. The van der Waals surface area contributed by atoms with Crippen LogP contribution in [-0.4, -0.2) is 135 Å². The van der Waals surface area contributed by atoms with Gasteiger partial charge in [-0.2, -0.15) is 0 Å². The van der Waals surface area contributed by atoms with E-state index in [0.717, 1.165) is 36.0 Å². The number of fused-ring (bicyclic) bond motifs is 3. The highest BCUT2D eigenvalue weighted by molar-refractivity contribution is 9.10. The number of pyridine rings is 3. The average Bonchev–Trinajstić information content (AvgIpc) is 1.64. The number of hydrogen-bond donors (Lipinski definition) is 1. The molecule has 8 aromatic rings. The van der Waals surface area contributed by atoms with Gasteiger partial charge in [0, 0.05) is 85.9 Å². The summed E-state index contributed by atoms with van der Waals surface area (Å²) in [6, 6.07) is 38.1. The Bertz CT molecular complexity index is 5400. The molecule has 0 aliphatic carbocycles. The van der Waals surface area contributed by atoms with Gasteiger partial charge in [0.15, 0.2) is 16.7 Å². The molecule has 0 radical (unpaired) electrons. The Morgan fingerprint density at radius 1 is 0.504 bits per heavy atom. The first kappa shape index (κ1) is 88.2.